The van der Waals surface area contributed by atoms with Gasteiger partial charge in [-0.2, -0.15) is 0 Å². The van der Waals surface area contributed by atoms with Gasteiger partial charge < -0.3 is 15.0 Å². The van der Waals surface area contributed by atoms with Crippen molar-refractivity contribution in [2.45, 2.75) is 13.0 Å². The van der Waals surface area contributed by atoms with Crippen LogP contribution in [0.25, 0.3) is 11.4 Å². The Balaban J connectivity index is 1.60. The highest BCUT2D eigenvalue weighted by Crippen LogP contribution is 2.16. The summed E-state index contributed by atoms with van der Waals surface area (Å²) in [5, 5.41) is 2.64. The first-order valence-corrected chi connectivity index (χ1v) is 7.65. The van der Waals surface area contributed by atoms with E-state index in [1.807, 2.05) is 0 Å². The van der Waals surface area contributed by atoms with Crippen LogP contribution < -0.4 is 5.32 Å². The monoisotopic (exact) mass is 336 g/mol. The molecule has 0 radical (unpaired) electrons. The Hall–Kier alpha value is -3.48. The van der Waals surface area contributed by atoms with E-state index in [1.54, 1.807) is 55.0 Å². The van der Waals surface area contributed by atoms with Crippen LogP contribution in [0.3, 0.4) is 0 Å². The largest absolute Gasteiger partial charge is 0.449 e. The first kappa shape index (κ1) is 16.4. The number of H-pyrrole nitrogens is 1. The first-order valence-electron chi connectivity index (χ1n) is 7.65. The van der Waals surface area contributed by atoms with Crippen molar-refractivity contribution in [2.75, 3.05) is 5.32 Å². The van der Waals surface area contributed by atoms with E-state index in [2.05, 4.69) is 20.3 Å². The maximum atomic E-state index is 12.2. The van der Waals surface area contributed by atoms with E-state index < -0.39 is 18.0 Å². The number of nitrogens with one attached hydrogen (secondary N) is 2. The normalized spacial score (nSPS) is 11.6. The second kappa shape index (κ2) is 7.39. The summed E-state index contributed by atoms with van der Waals surface area (Å²) in [5.74, 6) is -0.280. The molecule has 0 saturated heterocycles. The number of ether oxygens (including phenoxy) is 1. The molecule has 7 heteroatoms. The minimum Gasteiger partial charge on any atom is -0.449 e. The van der Waals surface area contributed by atoms with Gasteiger partial charge in [-0.05, 0) is 31.2 Å². The number of imidazole rings is 1. The number of hydrogen-bond acceptors (Lipinski definition) is 5. The molecule has 0 spiro atoms. The molecule has 3 aromatic rings. The SMILES string of the molecule is CC(OC(=O)c1ccc(-c2ncc[nH]2)cc1)C(=O)Nc1cccnc1. The molecule has 2 heterocycles. The lowest BCUT2D eigenvalue weighted by atomic mass is 10.1. The van der Waals surface area contributed by atoms with Crippen LogP contribution in [0.4, 0.5) is 5.69 Å². The molecule has 2 N–H and O–H groups in total. The van der Waals surface area contributed by atoms with Crippen LogP contribution in [0.5, 0.6) is 0 Å². The predicted molar refractivity (Wildman–Crippen MR) is 91.8 cm³/mol. The third kappa shape index (κ3) is 4.08. The number of rotatable bonds is 5. The summed E-state index contributed by atoms with van der Waals surface area (Å²) in [6, 6.07) is 10.2. The van der Waals surface area contributed by atoms with Crippen LogP contribution in [0.1, 0.15) is 17.3 Å². The summed E-state index contributed by atoms with van der Waals surface area (Å²) in [7, 11) is 0. The van der Waals surface area contributed by atoms with Crippen molar-refractivity contribution in [2.24, 2.45) is 0 Å². The Bertz CT molecular complexity index is 846. The van der Waals surface area contributed by atoms with Gasteiger partial charge in [-0.1, -0.05) is 12.1 Å². The minimum atomic E-state index is -0.933. The molecule has 0 saturated carbocycles. The number of pyridine rings is 1. The van der Waals surface area contributed by atoms with Gasteiger partial charge in [-0.25, -0.2) is 9.78 Å². The molecule has 1 aromatic carbocycles. The average molecular weight is 336 g/mol. The smallest absolute Gasteiger partial charge is 0.338 e. The van der Waals surface area contributed by atoms with E-state index in [4.69, 9.17) is 4.74 Å². The molecular formula is C18H16N4O3. The van der Waals surface area contributed by atoms with E-state index in [1.165, 1.54) is 13.1 Å². The third-order valence-corrected chi connectivity index (χ3v) is 3.47. The van der Waals surface area contributed by atoms with Crippen molar-refractivity contribution >= 4 is 17.6 Å². The lowest BCUT2D eigenvalue weighted by Gasteiger charge is -2.13. The molecule has 2 aromatic heterocycles. The summed E-state index contributed by atoms with van der Waals surface area (Å²) in [6.07, 6.45) is 5.56. The highest BCUT2D eigenvalue weighted by Gasteiger charge is 2.19. The number of nitrogens with zero attached hydrogens (tertiary/aromatic N) is 2. The first-order chi connectivity index (χ1) is 12.1. The van der Waals surface area contributed by atoms with Gasteiger partial charge in [0, 0.05) is 24.2 Å². The van der Waals surface area contributed by atoms with E-state index in [0.717, 1.165) is 5.56 Å². The predicted octanol–water partition coefficient (Wildman–Crippen LogP) is 2.66. The maximum Gasteiger partial charge on any atom is 0.338 e. The molecule has 25 heavy (non-hydrogen) atoms. The molecule has 0 fully saturated rings. The van der Waals surface area contributed by atoms with Gasteiger partial charge >= 0.3 is 5.97 Å². The van der Waals surface area contributed by atoms with Crippen LogP contribution in [-0.4, -0.2) is 32.9 Å². The summed E-state index contributed by atoms with van der Waals surface area (Å²) in [6.45, 7) is 1.51. The third-order valence-electron chi connectivity index (χ3n) is 3.47. The summed E-state index contributed by atoms with van der Waals surface area (Å²) in [4.78, 5) is 35.3. The second-order valence-electron chi connectivity index (χ2n) is 5.29. The van der Waals surface area contributed by atoms with Gasteiger partial charge in [0.25, 0.3) is 5.91 Å². The van der Waals surface area contributed by atoms with Crippen LogP contribution in [-0.2, 0) is 9.53 Å². The number of amides is 1. The summed E-state index contributed by atoms with van der Waals surface area (Å²) >= 11 is 0. The number of carbonyl (C=O) groups excluding carboxylic acids is 2. The molecule has 1 amide bonds. The van der Waals surface area contributed by atoms with Gasteiger partial charge in [-0.3, -0.25) is 9.78 Å². The van der Waals surface area contributed by atoms with E-state index in [-0.39, 0.29) is 0 Å². The number of carbonyl (C=O) groups is 2. The molecule has 3 rings (SSSR count). The van der Waals surface area contributed by atoms with Gasteiger partial charge in [0.1, 0.15) is 5.82 Å². The van der Waals surface area contributed by atoms with Crippen molar-refractivity contribution in [3.8, 4) is 11.4 Å². The number of anilines is 1. The van der Waals surface area contributed by atoms with Crippen LogP contribution >= 0.6 is 0 Å². The fourth-order valence-electron chi connectivity index (χ4n) is 2.15. The Morgan fingerprint density at radius 2 is 1.96 bits per heavy atom. The van der Waals surface area contributed by atoms with Crippen LogP contribution in [0.15, 0.2) is 61.2 Å². The fraction of sp³-hybridized carbons (Fsp3) is 0.111. The molecule has 0 bridgehead atoms. The zero-order valence-electron chi connectivity index (χ0n) is 13.5. The molecule has 126 valence electrons. The van der Waals surface area contributed by atoms with Crippen molar-refractivity contribution in [1.82, 2.24) is 15.0 Å². The Labute approximate surface area is 144 Å². The van der Waals surface area contributed by atoms with E-state index in [0.29, 0.717) is 17.1 Å². The lowest BCUT2D eigenvalue weighted by Crippen LogP contribution is -2.30. The molecule has 7 nitrogen and oxygen atoms in total. The molecular weight excluding hydrogens is 320 g/mol. The Kier molecular flexibility index (Phi) is 4.84. The van der Waals surface area contributed by atoms with Crippen molar-refractivity contribution in [3.05, 3.63) is 66.7 Å². The Morgan fingerprint density at radius 3 is 2.60 bits per heavy atom. The average Bonchev–Trinajstić information content (AvgIpc) is 3.17. The molecule has 1 unspecified atom stereocenters. The Morgan fingerprint density at radius 1 is 1.16 bits per heavy atom. The second-order valence-corrected chi connectivity index (χ2v) is 5.29. The molecule has 1 atom stereocenters. The number of aromatic nitrogens is 3. The molecule has 0 aliphatic heterocycles. The minimum absolute atomic E-state index is 0.358. The van der Waals surface area contributed by atoms with Crippen LogP contribution in [0, 0.1) is 0 Å². The van der Waals surface area contributed by atoms with Crippen molar-refractivity contribution in [3.63, 3.8) is 0 Å². The highest BCUT2D eigenvalue weighted by atomic mass is 16.5. The number of benzene rings is 1. The fourth-order valence-corrected chi connectivity index (χ4v) is 2.15. The van der Waals surface area contributed by atoms with E-state index >= 15 is 0 Å². The van der Waals surface area contributed by atoms with E-state index in [9.17, 15) is 9.59 Å². The van der Waals surface area contributed by atoms with Gasteiger partial charge in [0.15, 0.2) is 6.10 Å². The number of hydrogen-bond donors (Lipinski definition) is 2. The number of esters is 1. The van der Waals surface area contributed by atoms with Gasteiger partial charge in [0.2, 0.25) is 0 Å². The quantitative estimate of drug-likeness (QED) is 0.698. The van der Waals surface area contributed by atoms with Crippen LogP contribution in [0.2, 0.25) is 0 Å². The topological polar surface area (TPSA) is 97.0 Å². The maximum absolute atomic E-state index is 12.2. The lowest BCUT2D eigenvalue weighted by molar-refractivity contribution is -0.123. The van der Waals surface area contributed by atoms with Crippen molar-refractivity contribution in [1.29, 1.82) is 0 Å². The van der Waals surface area contributed by atoms with Gasteiger partial charge in [0.05, 0.1) is 17.4 Å². The molecule has 0 aliphatic rings. The number of aromatic amines is 1. The summed E-state index contributed by atoms with van der Waals surface area (Å²) in [5.41, 5.74) is 1.75. The highest BCUT2D eigenvalue weighted by molar-refractivity contribution is 5.97. The standard InChI is InChI=1S/C18H16N4O3/c1-12(17(23)22-15-3-2-8-19-11-15)25-18(24)14-6-4-13(5-7-14)16-20-9-10-21-16/h2-12H,1H3,(H,20,21)(H,22,23). The van der Waals surface area contributed by atoms with Gasteiger partial charge in [-0.15, -0.1) is 0 Å². The zero-order chi connectivity index (χ0) is 17.6. The zero-order valence-corrected chi connectivity index (χ0v) is 13.5. The summed E-state index contributed by atoms with van der Waals surface area (Å²) < 4.78 is 5.21. The van der Waals surface area contributed by atoms with Crippen molar-refractivity contribution < 1.29 is 14.3 Å². The molecule has 0 aliphatic carbocycles.